The van der Waals surface area contributed by atoms with Crippen molar-refractivity contribution in [2.45, 2.75) is 6.42 Å². The predicted octanol–water partition coefficient (Wildman–Crippen LogP) is 2.03. The van der Waals surface area contributed by atoms with Gasteiger partial charge in [-0.2, -0.15) is 0 Å². The molecule has 0 radical (unpaired) electrons. The zero-order valence-corrected chi connectivity index (χ0v) is 8.30. The van der Waals surface area contributed by atoms with Crippen LogP contribution in [0.5, 0.6) is 5.75 Å². The van der Waals surface area contributed by atoms with Gasteiger partial charge in [-0.1, -0.05) is 12.7 Å². The molecule has 2 N–H and O–H groups in total. The van der Waals surface area contributed by atoms with Gasteiger partial charge in [-0.25, -0.2) is 8.78 Å². The first-order valence-electron chi connectivity index (χ1n) is 4.60. The third-order valence-electron chi connectivity index (χ3n) is 1.84. The standard InChI is InChI=1S/C11H13F2NO/c1-2-5-15-11-9(12)6-8(3-4-14)7-10(11)13/h2,6-7H,1,3-5,14H2. The first-order chi connectivity index (χ1) is 7.19. The monoisotopic (exact) mass is 213 g/mol. The topological polar surface area (TPSA) is 35.2 Å². The van der Waals surface area contributed by atoms with Crippen LogP contribution in [0.3, 0.4) is 0 Å². The minimum Gasteiger partial charge on any atom is -0.483 e. The molecule has 1 aromatic carbocycles. The van der Waals surface area contributed by atoms with Gasteiger partial charge in [0, 0.05) is 0 Å². The van der Waals surface area contributed by atoms with Gasteiger partial charge < -0.3 is 10.5 Å². The number of halogens is 2. The van der Waals surface area contributed by atoms with Gasteiger partial charge in [0.05, 0.1) is 0 Å². The van der Waals surface area contributed by atoms with Crippen molar-refractivity contribution in [2.75, 3.05) is 13.2 Å². The number of hydrogen-bond donors (Lipinski definition) is 1. The largest absolute Gasteiger partial charge is 0.483 e. The average Bonchev–Trinajstić information content (AvgIpc) is 2.17. The third kappa shape index (κ3) is 3.02. The molecular formula is C11H13F2NO. The van der Waals surface area contributed by atoms with E-state index in [0.29, 0.717) is 18.5 Å². The molecule has 0 aromatic heterocycles. The normalized spacial score (nSPS) is 10.1. The van der Waals surface area contributed by atoms with Crippen LogP contribution in [0.1, 0.15) is 5.56 Å². The molecule has 1 rings (SSSR count). The fraction of sp³-hybridized carbons (Fsp3) is 0.273. The maximum atomic E-state index is 13.3. The Kier molecular flexibility index (Phi) is 4.24. The second kappa shape index (κ2) is 5.46. The lowest BCUT2D eigenvalue weighted by Crippen LogP contribution is -2.05. The van der Waals surface area contributed by atoms with Crippen molar-refractivity contribution in [3.05, 3.63) is 42.0 Å². The molecular weight excluding hydrogens is 200 g/mol. The summed E-state index contributed by atoms with van der Waals surface area (Å²) in [5.74, 6) is -1.78. The van der Waals surface area contributed by atoms with Crippen LogP contribution in [0.2, 0.25) is 0 Å². The van der Waals surface area contributed by atoms with Crippen molar-refractivity contribution in [1.29, 1.82) is 0 Å². The highest BCUT2D eigenvalue weighted by Crippen LogP contribution is 2.23. The highest BCUT2D eigenvalue weighted by Gasteiger charge is 2.11. The van der Waals surface area contributed by atoms with Crippen molar-refractivity contribution < 1.29 is 13.5 Å². The summed E-state index contributed by atoms with van der Waals surface area (Å²) in [5.41, 5.74) is 5.82. The molecule has 0 saturated heterocycles. The molecule has 0 fully saturated rings. The summed E-state index contributed by atoms with van der Waals surface area (Å²) in [6.45, 7) is 3.82. The van der Waals surface area contributed by atoms with Crippen LogP contribution in [0.25, 0.3) is 0 Å². The summed E-state index contributed by atoms with van der Waals surface area (Å²) >= 11 is 0. The maximum Gasteiger partial charge on any atom is 0.191 e. The number of benzene rings is 1. The predicted molar refractivity (Wildman–Crippen MR) is 54.8 cm³/mol. The Morgan fingerprint density at radius 1 is 1.33 bits per heavy atom. The van der Waals surface area contributed by atoms with E-state index in [4.69, 9.17) is 10.5 Å². The molecule has 0 bridgehead atoms. The van der Waals surface area contributed by atoms with Crippen LogP contribution < -0.4 is 10.5 Å². The van der Waals surface area contributed by atoms with Crippen LogP contribution in [-0.2, 0) is 6.42 Å². The van der Waals surface area contributed by atoms with Gasteiger partial charge in [-0.05, 0) is 30.7 Å². The van der Waals surface area contributed by atoms with Crippen LogP contribution in [0.15, 0.2) is 24.8 Å². The minimum atomic E-state index is -0.708. The first kappa shape index (κ1) is 11.7. The highest BCUT2D eigenvalue weighted by molar-refractivity contribution is 5.31. The molecule has 0 aliphatic carbocycles. The van der Waals surface area contributed by atoms with E-state index in [1.807, 2.05) is 0 Å². The molecule has 4 heteroatoms. The van der Waals surface area contributed by atoms with E-state index < -0.39 is 11.6 Å². The van der Waals surface area contributed by atoms with Crippen LogP contribution in [0.4, 0.5) is 8.78 Å². The summed E-state index contributed by atoms with van der Waals surface area (Å²) in [4.78, 5) is 0. The van der Waals surface area contributed by atoms with Crippen molar-refractivity contribution in [3.63, 3.8) is 0 Å². The van der Waals surface area contributed by atoms with Crippen molar-refractivity contribution in [3.8, 4) is 5.75 Å². The fourth-order valence-electron chi connectivity index (χ4n) is 1.20. The molecule has 82 valence electrons. The molecule has 0 heterocycles. The Morgan fingerprint density at radius 2 is 1.93 bits per heavy atom. The average molecular weight is 213 g/mol. The molecule has 0 amide bonds. The quantitative estimate of drug-likeness (QED) is 0.759. The summed E-state index contributed by atoms with van der Waals surface area (Å²) < 4.78 is 31.5. The molecule has 15 heavy (non-hydrogen) atoms. The zero-order valence-electron chi connectivity index (χ0n) is 8.30. The lowest BCUT2D eigenvalue weighted by Gasteiger charge is -2.08. The van der Waals surface area contributed by atoms with Gasteiger partial charge in [-0.15, -0.1) is 0 Å². The third-order valence-corrected chi connectivity index (χ3v) is 1.84. The summed E-state index contributed by atoms with van der Waals surface area (Å²) in [6, 6.07) is 2.46. The molecule has 2 nitrogen and oxygen atoms in total. The number of nitrogens with two attached hydrogens (primary N) is 1. The van der Waals surface area contributed by atoms with E-state index >= 15 is 0 Å². The van der Waals surface area contributed by atoms with Gasteiger partial charge in [0.2, 0.25) is 0 Å². The highest BCUT2D eigenvalue weighted by atomic mass is 19.1. The summed E-state index contributed by atoms with van der Waals surface area (Å²) in [5, 5.41) is 0. The van der Waals surface area contributed by atoms with Gasteiger partial charge >= 0.3 is 0 Å². The number of rotatable bonds is 5. The van der Waals surface area contributed by atoms with Crippen molar-refractivity contribution >= 4 is 0 Å². The Hall–Kier alpha value is -1.42. The summed E-state index contributed by atoms with van der Waals surface area (Å²) in [7, 11) is 0. The molecule has 0 saturated carbocycles. The molecule has 1 aromatic rings. The molecule has 0 aliphatic rings. The van der Waals surface area contributed by atoms with E-state index in [1.165, 1.54) is 18.2 Å². The van der Waals surface area contributed by atoms with E-state index in [2.05, 4.69) is 6.58 Å². The van der Waals surface area contributed by atoms with Gasteiger partial charge in [-0.3, -0.25) is 0 Å². The number of hydrogen-bond acceptors (Lipinski definition) is 2. The van der Waals surface area contributed by atoms with Gasteiger partial charge in [0.25, 0.3) is 0 Å². The zero-order chi connectivity index (χ0) is 11.3. The SMILES string of the molecule is C=CCOc1c(F)cc(CCN)cc1F. The minimum absolute atomic E-state index is 0.0735. The molecule has 0 atom stereocenters. The van der Waals surface area contributed by atoms with E-state index in [9.17, 15) is 8.78 Å². The lowest BCUT2D eigenvalue weighted by atomic mass is 10.1. The summed E-state index contributed by atoms with van der Waals surface area (Å²) in [6.07, 6.45) is 1.86. The molecule has 0 spiro atoms. The molecule has 0 unspecified atom stereocenters. The van der Waals surface area contributed by atoms with Crippen LogP contribution in [-0.4, -0.2) is 13.2 Å². The van der Waals surface area contributed by atoms with E-state index in [1.54, 1.807) is 0 Å². The molecule has 0 aliphatic heterocycles. The van der Waals surface area contributed by atoms with Gasteiger partial charge in [0.1, 0.15) is 6.61 Å². The lowest BCUT2D eigenvalue weighted by molar-refractivity contribution is 0.320. The van der Waals surface area contributed by atoms with Crippen molar-refractivity contribution in [1.82, 2.24) is 0 Å². The first-order valence-corrected chi connectivity index (χ1v) is 4.60. The maximum absolute atomic E-state index is 13.3. The second-order valence-electron chi connectivity index (χ2n) is 3.03. The Bertz CT molecular complexity index is 329. The Labute approximate surface area is 87.4 Å². The number of ether oxygens (including phenoxy) is 1. The van der Waals surface area contributed by atoms with E-state index in [0.717, 1.165) is 0 Å². The van der Waals surface area contributed by atoms with Crippen molar-refractivity contribution in [2.24, 2.45) is 5.73 Å². The van der Waals surface area contributed by atoms with Crippen LogP contribution in [0, 0.1) is 11.6 Å². The van der Waals surface area contributed by atoms with E-state index in [-0.39, 0.29) is 12.4 Å². The smallest absolute Gasteiger partial charge is 0.191 e. The Balaban J connectivity index is 2.93. The Morgan fingerprint density at radius 3 is 2.40 bits per heavy atom. The van der Waals surface area contributed by atoms with Gasteiger partial charge in [0.15, 0.2) is 17.4 Å². The van der Waals surface area contributed by atoms with Crippen LogP contribution >= 0.6 is 0 Å². The fourth-order valence-corrected chi connectivity index (χ4v) is 1.20. The second-order valence-corrected chi connectivity index (χ2v) is 3.03.